The minimum absolute atomic E-state index is 0.244. The van der Waals surface area contributed by atoms with Gasteiger partial charge in [0.05, 0.1) is 11.3 Å². The zero-order valence-corrected chi connectivity index (χ0v) is 15.5. The van der Waals surface area contributed by atoms with Crippen molar-refractivity contribution in [3.8, 4) is 0 Å². The highest BCUT2D eigenvalue weighted by molar-refractivity contribution is 7.98. The summed E-state index contributed by atoms with van der Waals surface area (Å²) in [6, 6.07) is 5.35. The molecule has 0 unspecified atom stereocenters. The van der Waals surface area contributed by atoms with Crippen LogP contribution in [0.3, 0.4) is 0 Å². The monoisotopic (exact) mass is 375 g/mol. The van der Waals surface area contributed by atoms with Crippen LogP contribution >= 0.6 is 23.1 Å². The molecule has 0 radical (unpaired) electrons. The molecule has 0 saturated carbocycles. The molecule has 0 aliphatic rings. The van der Waals surface area contributed by atoms with E-state index in [1.807, 2.05) is 13.0 Å². The summed E-state index contributed by atoms with van der Waals surface area (Å²) in [5.41, 5.74) is 1.31. The van der Waals surface area contributed by atoms with E-state index in [1.54, 1.807) is 18.3 Å². The molecule has 0 saturated heterocycles. The molecule has 0 atom stereocenters. The number of amides is 1. The standard InChI is InChI=1S/C16H17N5O2S2/c1-3-5-13-19-20-16(25-13)18-14(22)12-6-4-7-17-15(12)24-9-11-8-10(2)23-21-11/h4,6-8H,3,5,9H2,1-2H3,(H,18,20,22). The molecule has 3 aromatic rings. The second-order valence-corrected chi connectivity index (χ2v) is 7.30. The van der Waals surface area contributed by atoms with Gasteiger partial charge in [0, 0.05) is 24.4 Å². The van der Waals surface area contributed by atoms with Gasteiger partial charge in [0.15, 0.2) is 0 Å². The van der Waals surface area contributed by atoms with Gasteiger partial charge in [-0.2, -0.15) is 0 Å². The topological polar surface area (TPSA) is 93.8 Å². The molecule has 3 rings (SSSR count). The van der Waals surface area contributed by atoms with Crippen LogP contribution < -0.4 is 5.32 Å². The van der Waals surface area contributed by atoms with Crippen molar-refractivity contribution in [1.82, 2.24) is 20.3 Å². The highest BCUT2D eigenvalue weighted by atomic mass is 32.2. The predicted octanol–water partition coefficient (Wildman–Crippen LogP) is 3.73. The summed E-state index contributed by atoms with van der Waals surface area (Å²) in [7, 11) is 0. The lowest BCUT2D eigenvalue weighted by molar-refractivity contribution is 0.102. The maximum absolute atomic E-state index is 12.6. The molecule has 0 spiro atoms. The Hall–Kier alpha value is -2.26. The van der Waals surface area contributed by atoms with E-state index in [1.165, 1.54) is 23.1 Å². The normalized spacial score (nSPS) is 10.8. The summed E-state index contributed by atoms with van der Waals surface area (Å²) < 4.78 is 5.05. The predicted molar refractivity (Wildman–Crippen MR) is 96.9 cm³/mol. The number of nitrogens with one attached hydrogen (secondary N) is 1. The van der Waals surface area contributed by atoms with Gasteiger partial charge in [0.25, 0.3) is 5.91 Å². The molecule has 25 heavy (non-hydrogen) atoms. The maximum atomic E-state index is 12.6. The van der Waals surface area contributed by atoms with Crippen molar-refractivity contribution in [3.05, 3.63) is 46.4 Å². The van der Waals surface area contributed by atoms with Crippen LogP contribution in [0.25, 0.3) is 0 Å². The third-order valence-electron chi connectivity index (χ3n) is 3.20. The number of nitrogens with zero attached hydrogens (tertiary/aromatic N) is 4. The number of aryl methyl sites for hydroxylation is 2. The number of carbonyl (C=O) groups excluding carboxylic acids is 1. The van der Waals surface area contributed by atoms with Crippen molar-refractivity contribution in [1.29, 1.82) is 0 Å². The zero-order chi connectivity index (χ0) is 17.6. The van der Waals surface area contributed by atoms with Crippen molar-refractivity contribution in [2.24, 2.45) is 0 Å². The van der Waals surface area contributed by atoms with Crippen molar-refractivity contribution >= 4 is 34.1 Å². The van der Waals surface area contributed by atoms with Crippen LogP contribution in [0, 0.1) is 6.92 Å². The SMILES string of the molecule is CCCc1nnc(NC(=O)c2cccnc2SCc2cc(C)on2)s1. The first kappa shape index (κ1) is 17.6. The summed E-state index contributed by atoms with van der Waals surface area (Å²) in [5, 5.41) is 16.9. The third kappa shape index (κ3) is 4.64. The molecule has 0 bridgehead atoms. The van der Waals surface area contributed by atoms with Crippen LogP contribution in [-0.2, 0) is 12.2 Å². The van der Waals surface area contributed by atoms with Gasteiger partial charge in [0.2, 0.25) is 5.13 Å². The number of rotatable bonds is 7. The van der Waals surface area contributed by atoms with E-state index in [4.69, 9.17) is 4.52 Å². The average molecular weight is 375 g/mol. The van der Waals surface area contributed by atoms with Crippen LogP contribution in [0.15, 0.2) is 33.9 Å². The molecule has 0 aliphatic heterocycles. The fraction of sp³-hybridized carbons (Fsp3) is 0.312. The first-order valence-electron chi connectivity index (χ1n) is 7.79. The molecule has 1 N–H and O–H groups in total. The Kier molecular flexibility index (Phi) is 5.77. The molecule has 0 aliphatic carbocycles. The molecule has 7 nitrogen and oxygen atoms in total. The Bertz CT molecular complexity index is 862. The Morgan fingerprint density at radius 3 is 3.04 bits per heavy atom. The molecule has 0 aromatic carbocycles. The van der Waals surface area contributed by atoms with E-state index in [9.17, 15) is 4.79 Å². The van der Waals surface area contributed by atoms with Crippen LogP contribution in [0.4, 0.5) is 5.13 Å². The summed E-state index contributed by atoms with van der Waals surface area (Å²) in [5.74, 6) is 1.09. The van der Waals surface area contributed by atoms with Gasteiger partial charge in [-0.15, -0.1) is 10.2 Å². The van der Waals surface area contributed by atoms with Crippen LogP contribution in [-0.4, -0.2) is 26.2 Å². The molecule has 3 heterocycles. The van der Waals surface area contributed by atoms with Crippen molar-refractivity contribution in [2.45, 2.75) is 37.5 Å². The fourth-order valence-electron chi connectivity index (χ4n) is 2.09. The molecule has 0 fully saturated rings. The highest BCUT2D eigenvalue weighted by Crippen LogP contribution is 2.25. The first-order chi connectivity index (χ1) is 12.2. The van der Waals surface area contributed by atoms with E-state index in [0.717, 1.165) is 29.3 Å². The van der Waals surface area contributed by atoms with Crippen molar-refractivity contribution < 1.29 is 9.32 Å². The molecule has 1 amide bonds. The molecule has 130 valence electrons. The molecule has 9 heteroatoms. The van der Waals surface area contributed by atoms with Gasteiger partial charge < -0.3 is 4.52 Å². The van der Waals surface area contributed by atoms with E-state index in [2.05, 4.69) is 32.6 Å². The maximum Gasteiger partial charge on any atom is 0.260 e. The smallest absolute Gasteiger partial charge is 0.260 e. The van der Waals surface area contributed by atoms with Gasteiger partial charge >= 0.3 is 0 Å². The lowest BCUT2D eigenvalue weighted by Crippen LogP contribution is -2.13. The zero-order valence-electron chi connectivity index (χ0n) is 13.9. The Morgan fingerprint density at radius 1 is 1.40 bits per heavy atom. The number of thioether (sulfide) groups is 1. The third-order valence-corrected chi connectivity index (χ3v) is 5.14. The van der Waals surface area contributed by atoms with Gasteiger partial charge in [0.1, 0.15) is 15.8 Å². The second-order valence-electron chi connectivity index (χ2n) is 5.28. The Morgan fingerprint density at radius 2 is 2.28 bits per heavy atom. The largest absolute Gasteiger partial charge is 0.361 e. The summed E-state index contributed by atoms with van der Waals surface area (Å²) in [4.78, 5) is 16.9. The minimum Gasteiger partial charge on any atom is -0.361 e. The second kappa shape index (κ2) is 8.21. The van der Waals surface area contributed by atoms with Gasteiger partial charge in [-0.1, -0.05) is 35.2 Å². The molecular weight excluding hydrogens is 358 g/mol. The van der Waals surface area contributed by atoms with Gasteiger partial charge in [-0.3, -0.25) is 10.1 Å². The number of hydrogen-bond acceptors (Lipinski definition) is 8. The number of anilines is 1. The highest BCUT2D eigenvalue weighted by Gasteiger charge is 2.15. The van der Waals surface area contributed by atoms with Crippen LogP contribution in [0.5, 0.6) is 0 Å². The number of pyridine rings is 1. The van der Waals surface area contributed by atoms with Crippen molar-refractivity contribution in [2.75, 3.05) is 5.32 Å². The lowest BCUT2D eigenvalue weighted by atomic mass is 10.3. The first-order valence-corrected chi connectivity index (χ1v) is 9.59. The van der Waals surface area contributed by atoms with Crippen LogP contribution in [0.1, 0.15) is 40.2 Å². The molecular formula is C16H17N5O2S2. The van der Waals surface area contributed by atoms with Crippen molar-refractivity contribution in [3.63, 3.8) is 0 Å². The quantitative estimate of drug-likeness (QED) is 0.629. The summed E-state index contributed by atoms with van der Waals surface area (Å²) in [6.45, 7) is 3.92. The van der Waals surface area contributed by atoms with E-state index >= 15 is 0 Å². The van der Waals surface area contributed by atoms with E-state index in [-0.39, 0.29) is 5.91 Å². The number of hydrogen-bond donors (Lipinski definition) is 1. The van der Waals surface area contributed by atoms with E-state index in [0.29, 0.717) is 21.5 Å². The van der Waals surface area contributed by atoms with E-state index < -0.39 is 0 Å². The average Bonchev–Trinajstić information content (AvgIpc) is 3.22. The summed E-state index contributed by atoms with van der Waals surface area (Å²) >= 11 is 2.83. The fourth-order valence-corrected chi connectivity index (χ4v) is 3.80. The minimum atomic E-state index is -0.244. The molecule has 3 aromatic heterocycles. The van der Waals surface area contributed by atoms with Gasteiger partial charge in [-0.05, 0) is 25.5 Å². The Labute approximate surface area is 153 Å². The lowest BCUT2D eigenvalue weighted by Gasteiger charge is -2.06. The number of carbonyl (C=O) groups is 1. The Balaban J connectivity index is 1.69. The van der Waals surface area contributed by atoms with Crippen LogP contribution in [0.2, 0.25) is 0 Å². The summed E-state index contributed by atoms with van der Waals surface area (Å²) in [6.07, 6.45) is 3.52. The van der Waals surface area contributed by atoms with Gasteiger partial charge in [-0.25, -0.2) is 4.98 Å². The number of aromatic nitrogens is 4.